The zero-order chi connectivity index (χ0) is 15.3. The van der Waals surface area contributed by atoms with Gasteiger partial charge in [0.25, 0.3) is 0 Å². The minimum Gasteiger partial charge on any atom is -0.355 e. The van der Waals surface area contributed by atoms with Gasteiger partial charge in [-0.1, -0.05) is 13.8 Å². The van der Waals surface area contributed by atoms with Crippen LogP contribution in [0.3, 0.4) is 0 Å². The van der Waals surface area contributed by atoms with Crippen LogP contribution in [0, 0.1) is 5.92 Å². The third kappa shape index (κ3) is 5.52. The van der Waals surface area contributed by atoms with Gasteiger partial charge in [-0.3, -0.25) is 9.69 Å². The molecule has 0 radical (unpaired) electrons. The van der Waals surface area contributed by atoms with Gasteiger partial charge in [-0.25, -0.2) is 0 Å². The van der Waals surface area contributed by atoms with Crippen molar-refractivity contribution in [2.45, 2.75) is 32.9 Å². The highest BCUT2D eigenvalue weighted by Gasteiger charge is 2.24. The van der Waals surface area contributed by atoms with E-state index in [2.05, 4.69) is 41.2 Å². The summed E-state index contributed by atoms with van der Waals surface area (Å²) >= 11 is 5.13. The molecule has 0 aliphatic carbocycles. The number of hydrogen-bond acceptors (Lipinski definition) is 4. The van der Waals surface area contributed by atoms with Crippen LogP contribution in [0.1, 0.15) is 31.7 Å². The van der Waals surface area contributed by atoms with Crippen LogP contribution < -0.4 is 11.1 Å². The van der Waals surface area contributed by atoms with Crippen molar-refractivity contribution in [2.75, 3.05) is 20.1 Å². The van der Waals surface area contributed by atoms with Gasteiger partial charge in [0.2, 0.25) is 5.91 Å². The lowest BCUT2D eigenvalue weighted by molar-refractivity contribution is -0.122. The van der Waals surface area contributed by atoms with Crippen LogP contribution in [-0.2, 0) is 4.79 Å². The fourth-order valence-electron chi connectivity index (χ4n) is 2.06. The lowest BCUT2D eigenvalue weighted by Crippen LogP contribution is -2.43. The first kappa shape index (κ1) is 17.6. The Hall–Kier alpha value is -0.430. The first-order valence-corrected chi connectivity index (χ1v) is 8.40. The smallest absolute Gasteiger partial charge is 0.234 e. The number of nitrogens with two attached hydrogens (primary N) is 1. The Bertz CT molecular complexity index is 434. The summed E-state index contributed by atoms with van der Waals surface area (Å²) in [6, 6.07) is 4.09. The summed E-state index contributed by atoms with van der Waals surface area (Å²) in [7, 11) is 1.94. The Morgan fingerprint density at radius 2 is 2.10 bits per heavy atom. The average molecular weight is 362 g/mol. The van der Waals surface area contributed by atoms with Crippen molar-refractivity contribution in [3.05, 3.63) is 20.8 Å². The van der Waals surface area contributed by atoms with Gasteiger partial charge in [0.15, 0.2) is 0 Å². The lowest BCUT2D eigenvalue weighted by atomic mass is 10.1. The molecule has 0 aromatic carbocycles. The van der Waals surface area contributed by atoms with Gasteiger partial charge in [-0.05, 0) is 48.0 Å². The van der Waals surface area contributed by atoms with Crippen molar-refractivity contribution in [3.63, 3.8) is 0 Å². The molecule has 20 heavy (non-hydrogen) atoms. The minimum atomic E-state index is -0.0385. The molecule has 4 nitrogen and oxygen atoms in total. The number of thiophene rings is 1. The molecule has 0 saturated carbocycles. The Morgan fingerprint density at radius 1 is 1.45 bits per heavy atom. The largest absolute Gasteiger partial charge is 0.355 e. The van der Waals surface area contributed by atoms with Crippen molar-refractivity contribution < 1.29 is 4.79 Å². The van der Waals surface area contributed by atoms with E-state index in [9.17, 15) is 4.79 Å². The van der Waals surface area contributed by atoms with Gasteiger partial charge in [0.05, 0.1) is 16.4 Å². The summed E-state index contributed by atoms with van der Waals surface area (Å²) in [6.45, 7) is 7.20. The monoisotopic (exact) mass is 361 g/mol. The number of carbonyl (C=O) groups excluding carboxylic acids is 1. The van der Waals surface area contributed by atoms with Crippen LogP contribution in [0.25, 0.3) is 0 Å². The third-order valence-corrected chi connectivity index (χ3v) is 4.65. The fraction of sp³-hybridized carbons (Fsp3) is 0.643. The van der Waals surface area contributed by atoms with Gasteiger partial charge in [0, 0.05) is 17.5 Å². The molecule has 0 aliphatic rings. The summed E-state index contributed by atoms with van der Waals surface area (Å²) in [5, 5.41) is 2.94. The molecule has 3 N–H and O–H groups in total. The van der Waals surface area contributed by atoms with Crippen LogP contribution in [0.5, 0.6) is 0 Å². The predicted octanol–water partition coefficient (Wildman–Crippen LogP) is 2.60. The van der Waals surface area contributed by atoms with Crippen molar-refractivity contribution in [1.29, 1.82) is 0 Å². The van der Waals surface area contributed by atoms with Crippen LogP contribution in [0.2, 0.25) is 0 Å². The normalized spacial score (nSPS) is 14.6. The molecule has 0 fully saturated rings. The van der Waals surface area contributed by atoms with E-state index in [4.69, 9.17) is 5.73 Å². The predicted molar refractivity (Wildman–Crippen MR) is 88.9 cm³/mol. The molecule has 0 bridgehead atoms. The molecule has 1 heterocycles. The molecule has 1 rings (SSSR count). The number of nitrogens with zero attached hydrogens (tertiary/aromatic N) is 1. The molecular formula is C14H24BrN3OS. The summed E-state index contributed by atoms with van der Waals surface area (Å²) in [5.41, 5.74) is 6.09. The molecule has 114 valence electrons. The van der Waals surface area contributed by atoms with Gasteiger partial charge in [-0.15, -0.1) is 11.3 Å². The first-order chi connectivity index (χ1) is 9.31. The van der Waals surface area contributed by atoms with E-state index in [1.54, 1.807) is 11.3 Å². The molecule has 1 amide bonds. The number of amides is 1. The highest BCUT2D eigenvalue weighted by atomic mass is 79.9. The molecule has 1 aromatic rings. The topological polar surface area (TPSA) is 58.4 Å². The summed E-state index contributed by atoms with van der Waals surface area (Å²) < 4.78 is 1.08. The zero-order valence-corrected chi connectivity index (χ0v) is 14.9. The van der Waals surface area contributed by atoms with Crippen molar-refractivity contribution in [2.24, 2.45) is 11.7 Å². The van der Waals surface area contributed by atoms with E-state index in [-0.39, 0.29) is 18.0 Å². The molecular weight excluding hydrogens is 338 g/mol. The highest BCUT2D eigenvalue weighted by Crippen LogP contribution is 2.31. The summed E-state index contributed by atoms with van der Waals surface area (Å²) in [4.78, 5) is 15.1. The fourth-order valence-corrected chi connectivity index (χ4v) is 3.77. The number of halogens is 1. The second kappa shape index (κ2) is 8.12. The number of likely N-dealkylation sites (N-methyl/N-ethyl adjacent to an activating group) is 1. The van der Waals surface area contributed by atoms with E-state index in [0.29, 0.717) is 19.0 Å². The third-order valence-electron chi connectivity index (χ3n) is 2.96. The molecule has 6 heteroatoms. The van der Waals surface area contributed by atoms with Crippen molar-refractivity contribution >= 4 is 33.2 Å². The van der Waals surface area contributed by atoms with Crippen LogP contribution in [0.15, 0.2) is 15.9 Å². The van der Waals surface area contributed by atoms with Crippen molar-refractivity contribution in [1.82, 2.24) is 10.2 Å². The second-order valence-electron chi connectivity index (χ2n) is 5.56. The van der Waals surface area contributed by atoms with Gasteiger partial charge >= 0.3 is 0 Å². The highest BCUT2D eigenvalue weighted by molar-refractivity contribution is 9.11. The van der Waals surface area contributed by atoms with Crippen LogP contribution >= 0.6 is 27.3 Å². The molecule has 2 atom stereocenters. The maximum absolute atomic E-state index is 11.9. The van der Waals surface area contributed by atoms with E-state index in [1.165, 1.54) is 4.88 Å². The average Bonchev–Trinajstić information content (AvgIpc) is 2.72. The Kier molecular flexibility index (Phi) is 7.15. The quantitative estimate of drug-likeness (QED) is 0.784. The Balaban J connectivity index is 2.66. The van der Waals surface area contributed by atoms with Gasteiger partial charge < -0.3 is 11.1 Å². The van der Waals surface area contributed by atoms with Crippen LogP contribution in [-0.4, -0.2) is 37.0 Å². The first-order valence-electron chi connectivity index (χ1n) is 6.79. The maximum atomic E-state index is 11.9. The zero-order valence-electron chi connectivity index (χ0n) is 12.5. The molecule has 0 aliphatic heterocycles. The van der Waals surface area contributed by atoms with Gasteiger partial charge in [0.1, 0.15) is 0 Å². The van der Waals surface area contributed by atoms with Crippen LogP contribution in [0.4, 0.5) is 0 Å². The maximum Gasteiger partial charge on any atom is 0.234 e. The molecule has 2 unspecified atom stereocenters. The van der Waals surface area contributed by atoms with Crippen molar-refractivity contribution in [3.8, 4) is 0 Å². The summed E-state index contributed by atoms with van der Waals surface area (Å²) in [6.07, 6.45) is 0. The number of hydrogen-bond donors (Lipinski definition) is 2. The summed E-state index contributed by atoms with van der Waals surface area (Å²) in [5.74, 6) is 0.504. The Labute approximate surface area is 133 Å². The number of rotatable bonds is 7. The second-order valence-corrected chi connectivity index (χ2v) is 8.05. The van der Waals surface area contributed by atoms with E-state index < -0.39 is 0 Å². The minimum absolute atomic E-state index is 0.0385. The number of carbonyl (C=O) groups is 1. The molecule has 0 saturated heterocycles. The Morgan fingerprint density at radius 3 is 2.55 bits per heavy atom. The molecule has 1 aromatic heterocycles. The van der Waals surface area contributed by atoms with E-state index in [0.717, 1.165) is 3.79 Å². The van der Waals surface area contributed by atoms with E-state index >= 15 is 0 Å². The number of nitrogens with one attached hydrogen (secondary N) is 1. The lowest BCUT2D eigenvalue weighted by Gasteiger charge is -2.29. The molecule has 0 spiro atoms. The van der Waals surface area contributed by atoms with E-state index in [1.807, 2.05) is 24.9 Å². The van der Waals surface area contributed by atoms with Gasteiger partial charge in [-0.2, -0.15) is 0 Å². The SMILES string of the molecule is CC(C)CNC(=O)CN(C)C(c1ccc(Br)s1)C(C)N. The standard InChI is InChI=1S/C14H24BrN3OS/c1-9(2)7-17-13(19)8-18(4)14(10(3)16)11-5-6-12(15)20-11/h5-6,9-10,14H,7-8,16H2,1-4H3,(H,17,19).